The van der Waals surface area contributed by atoms with Gasteiger partial charge < -0.3 is 10.1 Å². The van der Waals surface area contributed by atoms with Gasteiger partial charge in [-0.1, -0.05) is 6.92 Å². The van der Waals surface area contributed by atoms with Crippen LogP contribution in [-0.2, 0) is 17.8 Å². The maximum atomic E-state index is 4.96. The Bertz CT molecular complexity index is 250. The summed E-state index contributed by atoms with van der Waals surface area (Å²) in [6.45, 7) is 5.15. The van der Waals surface area contributed by atoms with Crippen molar-refractivity contribution in [1.82, 2.24) is 25.5 Å². The van der Waals surface area contributed by atoms with Crippen molar-refractivity contribution >= 4 is 0 Å². The zero-order chi connectivity index (χ0) is 10.2. The number of ether oxygens (including phenoxy) is 1. The molecule has 1 heterocycles. The van der Waals surface area contributed by atoms with Crippen LogP contribution < -0.4 is 5.32 Å². The van der Waals surface area contributed by atoms with Crippen LogP contribution in [0.4, 0.5) is 0 Å². The normalized spacial score (nSPS) is 10.7. The molecule has 0 aromatic carbocycles. The maximum Gasteiger partial charge on any atom is 0.165 e. The molecule has 1 aromatic heterocycles. The van der Waals surface area contributed by atoms with Crippen molar-refractivity contribution in [2.45, 2.75) is 26.4 Å². The highest BCUT2D eigenvalue weighted by atomic mass is 16.5. The Hall–Kier alpha value is -1.01. The van der Waals surface area contributed by atoms with E-state index in [2.05, 4.69) is 27.8 Å². The lowest BCUT2D eigenvalue weighted by Gasteiger charge is -2.04. The lowest BCUT2D eigenvalue weighted by Crippen LogP contribution is -2.19. The molecule has 14 heavy (non-hydrogen) atoms. The fourth-order valence-electron chi connectivity index (χ4n) is 1.08. The van der Waals surface area contributed by atoms with E-state index in [-0.39, 0.29) is 0 Å². The number of hydrogen-bond donors (Lipinski definition) is 1. The molecule has 0 fully saturated rings. The maximum absolute atomic E-state index is 4.96. The van der Waals surface area contributed by atoms with Gasteiger partial charge in [0.15, 0.2) is 5.82 Å². The summed E-state index contributed by atoms with van der Waals surface area (Å²) in [6.07, 6.45) is 1.11. The van der Waals surface area contributed by atoms with E-state index in [4.69, 9.17) is 4.74 Å². The number of nitrogens with one attached hydrogen (secondary N) is 1. The molecule has 0 saturated heterocycles. The van der Waals surface area contributed by atoms with Gasteiger partial charge in [0.25, 0.3) is 0 Å². The van der Waals surface area contributed by atoms with E-state index in [1.807, 2.05) is 0 Å². The van der Waals surface area contributed by atoms with Gasteiger partial charge in [0.05, 0.1) is 19.7 Å². The van der Waals surface area contributed by atoms with Gasteiger partial charge in [0, 0.05) is 7.11 Å². The second kappa shape index (κ2) is 6.44. The van der Waals surface area contributed by atoms with Crippen LogP contribution in [0.2, 0.25) is 0 Å². The zero-order valence-corrected chi connectivity index (χ0v) is 8.73. The number of hydrogen-bond acceptors (Lipinski definition) is 5. The van der Waals surface area contributed by atoms with E-state index >= 15 is 0 Å². The summed E-state index contributed by atoms with van der Waals surface area (Å²) in [5.41, 5.74) is 0. The van der Waals surface area contributed by atoms with Gasteiger partial charge in [0.2, 0.25) is 0 Å². The van der Waals surface area contributed by atoms with E-state index in [1.54, 1.807) is 11.8 Å². The largest absolute Gasteiger partial charge is 0.383 e. The van der Waals surface area contributed by atoms with Crippen LogP contribution in [0.25, 0.3) is 0 Å². The molecule has 0 unspecified atom stereocenters. The van der Waals surface area contributed by atoms with Gasteiger partial charge in [-0.2, -0.15) is 0 Å². The van der Waals surface area contributed by atoms with Crippen LogP contribution in [0.1, 0.15) is 19.2 Å². The van der Waals surface area contributed by atoms with Crippen LogP contribution in [0, 0.1) is 0 Å². The average molecular weight is 199 g/mol. The molecule has 0 bridgehead atoms. The van der Waals surface area contributed by atoms with Gasteiger partial charge >= 0.3 is 0 Å². The molecule has 0 atom stereocenters. The minimum atomic E-state index is 0.631. The molecule has 0 aliphatic rings. The van der Waals surface area contributed by atoms with Crippen molar-refractivity contribution in [2.24, 2.45) is 0 Å². The van der Waals surface area contributed by atoms with Crippen molar-refractivity contribution in [3.63, 3.8) is 0 Å². The summed E-state index contributed by atoms with van der Waals surface area (Å²) < 4.78 is 6.72. The molecular weight excluding hydrogens is 182 g/mol. The highest BCUT2D eigenvalue weighted by Gasteiger charge is 2.03. The smallest absolute Gasteiger partial charge is 0.165 e. The number of tetrazole rings is 1. The third-order valence-corrected chi connectivity index (χ3v) is 1.82. The van der Waals surface area contributed by atoms with Crippen molar-refractivity contribution in [3.8, 4) is 0 Å². The molecule has 1 rings (SSSR count). The quantitative estimate of drug-likeness (QED) is 0.617. The third-order valence-electron chi connectivity index (χ3n) is 1.82. The Morgan fingerprint density at radius 3 is 3.07 bits per heavy atom. The van der Waals surface area contributed by atoms with Crippen LogP contribution in [0.15, 0.2) is 0 Å². The molecule has 6 heteroatoms. The Morgan fingerprint density at radius 2 is 2.36 bits per heavy atom. The summed E-state index contributed by atoms with van der Waals surface area (Å²) in [7, 11) is 1.67. The van der Waals surface area contributed by atoms with Crippen molar-refractivity contribution < 1.29 is 4.74 Å². The average Bonchev–Trinajstić information content (AvgIpc) is 2.63. The van der Waals surface area contributed by atoms with Gasteiger partial charge in [0.1, 0.15) is 0 Å². The second-order valence-corrected chi connectivity index (χ2v) is 2.99. The van der Waals surface area contributed by atoms with Crippen LogP contribution >= 0.6 is 0 Å². The molecule has 0 aliphatic carbocycles. The first kappa shape index (κ1) is 11.1. The number of aromatic nitrogens is 4. The van der Waals surface area contributed by atoms with E-state index in [1.165, 1.54) is 0 Å². The lowest BCUT2D eigenvalue weighted by atomic mass is 10.4. The minimum Gasteiger partial charge on any atom is -0.383 e. The van der Waals surface area contributed by atoms with E-state index < -0.39 is 0 Å². The van der Waals surface area contributed by atoms with E-state index in [9.17, 15) is 0 Å². The molecule has 6 nitrogen and oxygen atoms in total. The second-order valence-electron chi connectivity index (χ2n) is 2.99. The fraction of sp³-hybridized carbons (Fsp3) is 0.875. The molecule has 0 amide bonds. The Balaban J connectivity index is 2.37. The Morgan fingerprint density at radius 1 is 1.50 bits per heavy atom. The van der Waals surface area contributed by atoms with Crippen molar-refractivity contribution in [1.29, 1.82) is 0 Å². The van der Waals surface area contributed by atoms with Gasteiger partial charge in [-0.05, 0) is 23.4 Å². The number of nitrogens with zero attached hydrogens (tertiary/aromatic N) is 4. The summed E-state index contributed by atoms with van der Waals surface area (Å²) in [5, 5.41) is 14.7. The van der Waals surface area contributed by atoms with Gasteiger partial charge in [-0.25, -0.2) is 4.68 Å². The van der Waals surface area contributed by atoms with Crippen LogP contribution in [0.3, 0.4) is 0 Å². The van der Waals surface area contributed by atoms with Crippen LogP contribution in [-0.4, -0.2) is 40.5 Å². The first-order valence-corrected chi connectivity index (χ1v) is 4.83. The van der Waals surface area contributed by atoms with Crippen LogP contribution in [0.5, 0.6) is 0 Å². The summed E-state index contributed by atoms with van der Waals surface area (Å²) in [4.78, 5) is 0. The standard InChI is InChI=1S/C8H17N5O/c1-3-4-9-7-8-10-11-12-13(8)5-6-14-2/h9H,3-7H2,1-2H3. The SMILES string of the molecule is CCCNCc1nnnn1CCOC. The number of methoxy groups -OCH3 is 1. The molecule has 1 N–H and O–H groups in total. The molecule has 0 saturated carbocycles. The molecule has 1 aromatic rings. The Kier molecular flexibility index (Phi) is 5.09. The van der Waals surface area contributed by atoms with E-state index in [0.717, 1.165) is 18.8 Å². The van der Waals surface area contributed by atoms with Gasteiger partial charge in [-0.3, -0.25) is 0 Å². The molecular formula is C8H17N5O. The molecule has 80 valence electrons. The summed E-state index contributed by atoms with van der Waals surface area (Å²) >= 11 is 0. The third kappa shape index (κ3) is 3.39. The van der Waals surface area contributed by atoms with E-state index in [0.29, 0.717) is 19.7 Å². The first-order valence-electron chi connectivity index (χ1n) is 4.83. The predicted octanol–water partition coefficient (Wildman–Crippen LogP) is -0.181. The molecule has 0 radical (unpaired) electrons. The highest BCUT2D eigenvalue weighted by Crippen LogP contribution is 1.91. The summed E-state index contributed by atoms with van der Waals surface area (Å²) in [6, 6.07) is 0. The lowest BCUT2D eigenvalue weighted by molar-refractivity contribution is 0.181. The Labute approximate surface area is 83.6 Å². The first-order chi connectivity index (χ1) is 6.88. The fourth-order valence-corrected chi connectivity index (χ4v) is 1.08. The predicted molar refractivity (Wildman–Crippen MR) is 51.7 cm³/mol. The minimum absolute atomic E-state index is 0.631. The molecule has 0 spiro atoms. The number of rotatable bonds is 7. The van der Waals surface area contributed by atoms with Crippen molar-refractivity contribution in [3.05, 3.63) is 5.82 Å². The molecule has 0 aliphatic heterocycles. The zero-order valence-electron chi connectivity index (χ0n) is 8.73. The summed E-state index contributed by atoms with van der Waals surface area (Å²) in [5.74, 6) is 0.857. The highest BCUT2D eigenvalue weighted by molar-refractivity contribution is 4.79. The monoisotopic (exact) mass is 199 g/mol. The van der Waals surface area contributed by atoms with Crippen molar-refractivity contribution in [2.75, 3.05) is 20.3 Å². The topological polar surface area (TPSA) is 64.9 Å². The van der Waals surface area contributed by atoms with Gasteiger partial charge in [-0.15, -0.1) is 5.10 Å².